The largest absolute Gasteiger partial charge is 0.390 e. The maximum atomic E-state index is 14.2. The number of amidine groups is 1. The molecule has 2 heterocycles. The van der Waals surface area contributed by atoms with Crippen molar-refractivity contribution >= 4 is 16.9 Å². The summed E-state index contributed by atoms with van der Waals surface area (Å²) in [6.07, 6.45) is -2.50. The summed E-state index contributed by atoms with van der Waals surface area (Å²) in [4.78, 5) is 3.97. The summed E-state index contributed by atoms with van der Waals surface area (Å²) in [5.74, 6) is 0.145. The molecule has 0 unspecified atom stereocenters. The van der Waals surface area contributed by atoms with Gasteiger partial charge in [0.05, 0.1) is 12.1 Å². The summed E-state index contributed by atoms with van der Waals surface area (Å²) in [5, 5.41) is 23.5. The van der Waals surface area contributed by atoms with E-state index in [1.807, 2.05) is 0 Å². The van der Waals surface area contributed by atoms with Crippen LogP contribution in [0.15, 0.2) is 4.99 Å². The van der Waals surface area contributed by atoms with Crippen molar-refractivity contribution in [2.75, 3.05) is 7.05 Å². The maximum absolute atomic E-state index is 14.2. The first-order valence-electron chi connectivity index (χ1n) is 6.17. The number of rotatable bonds is 2. The topological polar surface area (TPSA) is 74.1 Å². The van der Waals surface area contributed by atoms with Crippen molar-refractivity contribution in [3.05, 3.63) is 0 Å². The zero-order valence-corrected chi connectivity index (χ0v) is 10.8. The standard InChI is InChI=1S/C11H17FN2O3S/c1-13-11-14-6-5(12)8(16)9(17-10(6)18-11)7(15)4-2-3-4/h4-10,15-16H,2-3H2,1H3,(H,13,14)/t5-,6-,7+,8+,9-,10-/m1/s1. The van der Waals surface area contributed by atoms with E-state index < -0.39 is 36.0 Å². The highest BCUT2D eigenvalue weighted by Gasteiger charge is 2.53. The van der Waals surface area contributed by atoms with Gasteiger partial charge in [0.15, 0.2) is 11.3 Å². The number of ether oxygens (including phenoxy) is 1. The van der Waals surface area contributed by atoms with Gasteiger partial charge in [-0.25, -0.2) is 4.39 Å². The van der Waals surface area contributed by atoms with Crippen LogP contribution in [-0.4, -0.2) is 58.4 Å². The molecule has 1 aliphatic carbocycles. The third-order valence-electron chi connectivity index (χ3n) is 3.75. The van der Waals surface area contributed by atoms with E-state index in [0.29, 0.717) is 5.17 Å². The molecule has 5 nitrogen and oxygen atoms in total. The molecule has 0 bridgehead atoms. The van der Waals surface area contributed by atoms with E-state index >= 15 is 0 Å². The number of hydrogen-bond donors (Lipinski definition) is 3. The monoisotopic (exact) mass is 276 g/mol. The van der Waals surface area contributed by atoms with Crippen molar-refractivity contribution in [1.82, 2.24) is 5.32 Å². The minimum atomic E-state index is -1.45. The van der Waals surface area contributed by atoms with Gasteiger partial charge in [-0.05, 0) is 18.8 Å². The molecule has 0 amide bonds. The summed E-state index contributed by atoms with van der Waals surface area (Å²) in [7, 11) is 1.62. The van der Waals surface area contributed by atoms with Crippen LogP contribution in [0, 0.1) is 5.92 Å². The molecule has 0 spiro atoms. The van der Waals surface area contributed by atoms with Crippen molar-refractivity contribution in [2.24, 2.45) is 10.9 Å². The lowest BCUT2D eigenvalue weighted by Crippen LogP contribution is -2.60. The Morgan fingerprint density at radius 2 is 2.28 bits per heavy atom. The fraction of sp³-hybridized carbons (Fsp3) is 0.909. The van der Waals surface area contributed by atoms with Gasteiger partial charge in [-0.3, -0.25) is 4.99 Å². The van der Waals surface area contributed by atoms with Crippen LogP contribution in [0.4, 0.5) is 4.39 Å². The number of nitrogens with one attached hydrogen (secondary N) is 1. The fourth-order valence-corrected chi connectivity index (χ4v) is 3.58. The van der Waals surface area contributed by atoms with E-state index in [9.17, 15) is 14.6 Å². The molecule has 0 aromatic heterocycles. The Balaban J connectivity index is 1.75. The van der Waals surface area contributed by atoms with Crippen molar-refractivity contribution in [1.29, 1.82) is 0 Å². The molecule has 3 rings (SSSR count). The highest BCUT2D eigenvalue weighted by atomic mass is 32.2. The van der Waals surface area contributed by atoms with Gasteiger partial charge in [0.25, 0.3) is 0 Å². The normalized spacial score (nSPS) is 47.8. The number of fused-ring (bicyclic) bond motifs is 1. The SMILES string of the molecule is CN=C1N[C@@H]2[C@@H](F)[C@H](O)[C@@H]([C@@H](O)C3CC3)O[C@@H]2S1. The van der Waals surface area contributed by atoms with Gasteiger partial charge in [0.2, 0.25) is 0 Å². The Morgan fingerprint density at radius 3 is 2.89 bits per heavy atom. The van der Waals surface area contributed by atoms with E-state index in [2.05, 4.69) is 10.3 Å². The highest BCUT2D eigenvalue weighted by molar-refractivity contribution is 8.14. The van der Waals surface area contributed by atoms with Gasteiger partial charge >= 0.3 is 0 Å². The van der Waals surface area contributed by atoms with Crippen LogP contribution in [0.3, 0.4) is 0 Å². The van der Waals surface area contributed by atoms with Crippen molar-refractivity contribution in [3.63, 3.8) is 0 Å². The van der Waals surface area contributed by atoms with Crippen LogP contribution in [0.25, 0.3) is 0 Å². The Bertz CT molecular complexity index is 366. The summed E-state index contributed by atoms with van der Waals surface area (Å²) in [6, 6.07) is -0.591. The van der Waals surface area contributed by atoms with Crippen LogP contribution in [-0.2, 0) is 4.74 Å². The summed E-state index contributed by atoms with van der Waals surface area (Å²) in [6.45, 7) is 0. The lowest BCUT2D eigenvalue weighted by atomic mass is 9.94. The van der Waals surface area contributed by atoms with E-state index in [-0.39, 0.29) is 5.92 Å². The third-order valence-corrected chi connectivity index (χ3v) is 4.91. The molecular formula is C11H17FN2O3S. The van der Waals surface area contributed by atoms with Gasteiger partial charge in [0.1, 0.15) is 17.6 Å². The predicted octanol–water partition coefficient (Wildman–Crippen LogP) is -0.128. The lowest BCUT2D eigenvalue weighted by Gasteiger charge is -2.39. The van der Waals surface area contributed by atoms with Crippen molar-refractivity contribution in [2.45, 2.75) is 48.8 Å². The predicted molar refractivity (Wildman–Crippen MR) is 66.2 cm³/mol. The molecule has 102 valence electrons. The van der Waals surface area contributed by atoms with Crippen LogP contribution in [0.2, 0.25) is 0 Å². The van der Waals surface area contributed by atoms with Gasteiger partial charge in [-0.15, -0.1) is 0 Å². The van der Waals surface area contributed by atoms with Crippen LogP contribution in [0.5, 0.6) is 0 Å². The Hall–Kier alpha value is -0.370. The number of thioether (sulfide) groups is 1. The molecule has 3 N–H and O–H groups in total. The molecule has 3 aliphatic rings. The molecule has 0 aromatic carbocycles. The van der Waals surface area contributed by atoms with Crippen molar-refractivity contribution < 1.29 is 19.3 Å². The molecule has 7 heteroatoms. The summed E-state index contributed by atoms with van der Waals surface area (Å²) in [5.41, 5.74) is -0.430. The minimum absolute atomic E-state index is 0.145. The third kappa shape index (κ3) is 2.03. The van der Waals surface area contributed by atoms with E-state index in [1.165, 1.54) is 11.8 Å². The minimum Gasteiger partial charge on any atom is -0.390 e. The average molecular weight is 276 g/mol. The number of hydrogen-bond acceptors (Lipinski definition) is 5. The van der Waals surface area contributed by atoms with Crippen LogP contribution < -0.4 is 5.32 Å². The number of alkyl halides is 1. The van der Waals surface area contributed by atoms with Gasteiger partial charge < -0.3 is 20.3 Å². The first kappa shape index (κ1) is 12.7. The zero-order chi connectivity index (χ0) is 12.9. The second kappa shape index (κ2) is 4.63. The van der Waals surface area contributed by atoms with Crippen LogP contribution in [0.1, 0.15) is 12.8 Å². The number of aliphatic imine (C=N–C) groups is 1. The van der Waals surface area contributed by atoms with E-state index in [4.69, 9.17) is 4.74 Å². The molecule has 0 radical (unpaired) electrons. The summed E-state index contributed by atoms with van der Waals surface area (Å²) < 4.78 is 19.8. The fourth-order valence-electron chi connectivity index (χ4n) is 2.50. The van der Waals surface area contributed by atoms with Gasteiger partial charge in [-0.2, -0.15) is 0 Å². The first-order valence-corrected chi connectivity index (χ1v) is 7.05. The average Bonchev–Trinajstić information content (AvgIpc) is 3.13. The molecule has 1 saturated carbocycles. The van der Waals surface area contributed by atoms with Crippen LogP contribution >= 0.6 is 11.8 Å². The number of halogens is 1. The molecule has 2 saturated heterocycles. The molecule has 2 aliphatic heterocycles. The molecule has 0 aromatic rings. The first-order chi connectivity index (χ1) is 8.61. The van der Waals surface area contributed by atoms with Gasteiger partial charge in [-0.1, -0.05) is 11.8 Å². The Labute approximate surface area is 109 Å². The second-order valence-corrected chi connectivity index (χ2v) is 6.14. The van der Waals surface area contributed by atoms with E-state index in [1.54, 1.807) is 7.05 Å². The molecule has 18 heavy (non-hydrogen) atoms. The molecule has 3 fully saturated rings. The number of nitrogens with zero attached hydrogens (tertiary/aromatic N) is 1. The summed E-state index contributed by atoms with van der Waals surface area (Å²) >= 11 is 1.31. The lowest BCUT2D eigenvalue weighted by molar-refractivity contribution is -0.174. The second-order valence-electron chi connectivity index (χ2n) is 5.05. The number of aliphatic hydroxyl groups excluding tert-OH is 2. The number of aliphatic hydroxyl groups is 2. The quantitative estimate of drug-likeness (QED) is 0.655. The molecular weight excluding hydrogens is 259 g/mol. The van der Waals surface area contributed by atoms with Crippen molar-refractivity contribution in [3.8, 4) is 0 Å². The van der Waals surface area contributed by atoms with E-state index in [0.717, 1.165) is 12.8 Å². The maximum Gasteiger partial charge on any atom is 0.159 e. The Morgan fingerprint density at radius 1 is 1.56 bits per heavy atom. The Kier molecular flexibility index (Phi) is 3.25. The zero-order valence-electron chi connectivity index (χ0n) is 9.99. The molecule has 6 atom stereocenters. The smallest absolute Gasteiger partial charge is 0.159 e. The van der Waals surface area contributed by atoms with Gasteiger partial charge in [0, 0.05) is 7.05 Å². The highest BCUT2D eigenvalue weighted by Crippen LogP contribution is 2.41.